The largest absolute Gasteiger partial charge is 0.491 e. The second-order valence-corrected chi connectivity index (χ2v) is 5.30. The Morgan fingerprint density at radius 3 is 2.90 bits per heavy atom. The highest BCUT2D eigenvalue weighted by atomic mass is 32.1. The summed E-state index contributed by atoms with van der Waals surface area (Å²) in [5.41, 5.74) is 7.89. The van der Waals surface area contributed by atoms with Crippen molar-refractivity contribution in [1.29, 1.82) is 0 Å². The minimum Gasteiger partial charge on any atom is -0.491 e. The summed E-state index contributed by atoms with van der Waals surface area (Å²) in [7, 11) is 0. The second kappa shape index (κ2) is 6.56. The molecule has 20 heavy (non-hydrogen) atoms. The van der Waals surface area contributed by atoms with Gasteiger partial charge in [0.15, 0.2) is 11.6 Å². The lowest BCUT2D eigenvalue weighted by Gasteiger charge is -2.12. The molecule has 0 spiro atoms. The van der Waals surface area contributed by atoms with Gasteiger partial charge < -0.3 is 15.8 Å². The van der Waals surface area contributed by atoms with Gasteiger partial charge in [0.25, 0.3) is 0 Å². The molecule has 0 atom stereocenters. The van der Waals surface area contributed by atoms with Crippen LogP contribution in [0.15, 0.2) is 17.5 Å². The number of nitrogens with one attached hydrogen (secondary N) is 1. The van der Waals surface area contributed by atoms with E-state index in [0.717, 1.165) is 17.1 Å². The van der Waals surface area contributed by atoms with E-state index in [2.05, 4.69) is 10.3 Å². The predicted octanol–water partition coefficient (Wildman–Crippen LogP) is 3.23. The first-order valence-corrected chi connectivity index (χ1v) is 7.34. The van der Waals surface area contributed by atoms with Crippen LogP contribution in [0, 0.1) is 12.7 Å². The van der Waals surface area contributed by atoms with Gasteiger partial charge in [0.05, 0.1) is 23.0 Å². The molecule has 0 bridgehead atoms. The van der Waals surface area contributed by atoms with Gasteiger partial charge in [-0.25, -0.2) is 9.37 Å². The minimum absolute atomic E-state index is 0.217. The van der Waals surface area contributed by atoms with Crippen LogP contribution in [0.4, 0.5) is 15.8 Å². The Hall–Kier alpha value is -1.82. The van der Waals surface area contributed by atoms with Crippen molar-refractivity contribution in [3.8, 4) is 5.75 Å². The van der Waals surface area contributed by atoms with Gasteiger partial charge in [0, 0.05) is 36.2 Å². The summed E-state index contributed by atoms with van der Waals surface area (Å²) in [5, 5.41) is 6.28. The summed E-state index contributed by atoms with van der Waals surface area (Å²) in [6, 6.07) is 2.88. The molecule has 0 radical (unpaired) electrons. The lowest BCUT2D eigenvalue weighted by molar-refractivity contribution is 0.322. The quantitative estimate of drug-likeness (QED) is 0.803. The standard InChI is InChI=1S/C14H18FN3OS/c1-3-19-13-7-12(11(16)6-10(13)15)17-5-4-14-18-9(2)8-20-14/h6-8,17H,3-5,16H2,1-2H3. The molecule has 2 rings (SSSR count). The van der Waals surface area contributed by atoms with E-state index in [9.17, 15) is 4.39 Å². The van der Waals surface area contributed by atoms with Crippen LogP contribution in [0.3, 0.4) is 0 Å². The summed E-state index contributed by atoms with van der Waals surface area (Å²) in [6.45, 7) is 4.89. The van der Waals surface area contributed by atoms with E-state index in [4.69, 9.17) is 10.5 Å². The number of aryl methyl sites for hydroxylation is 1. The van der Waals surface area contributed by atoms with Crippen LogP contribution in [0.2, 0.25) is 0 Å². The van der Waals surface area contributed by atoms with Crippen LogP contribution in [-0.2, 0) is 6.42 Å². The number of halogens is 1. The van der Waals surface area contributed by atoms with Crippen molar-refractivity contribution < 1.29 is 9.13 Å². The molecule has 1 heterocycles. The maximum atomic E-state index is 13.6. The molecule has 4 nitrogen and oxygen atoms in total. The van der Waals surface area contributed by atoms with Gasteiger partial charge in [-0.3, -0.25) is 0 Å². The van der Waals surface area contributed by atoms with Crippen molar-refractivity contribution in [3.63, 3.8) is 0 Å². The van der Waals surface area contributed by atoms with E-state index in [1.54, 1.807) is 17.4 Å². The molecule has 1 aromatic carbocycles. The van der Waals surface area contributed by atoms with Crippen molar-refractivity contribution in [2.45, 2.75) is 20.3 Å². The highest BCUT2D eigenvalue weighted by molar-refractivity contribution is 7.09. The molecule has 0 fully saturated rings. The number of nitrogens with two attached hydrogens (primary N) is 1. The third-order valence-corrected chi connectivity index (χ3v) is 3.75. The predicted molar refractivity (Wildman–Crippen MR) is 81.0 cm³/mol. The lowest BCUT2D eigenvalue weighted by Crippen LogP contribution is -2.08. The monoisotopic (exact) mass is 295 g/mol. The Morgan fingerprint density at radius 2 is 2.25 bits per heavy atom. The fourth-order valence-electron chi connectivity index (χ4n) is 1.81. The van der Waals surface area contributed by atoms with E-state index in [1.807, 2.05) is 19.2 Å². The zero-order valence-corrected chi connectivity index (χ0v) is 12.4. The molecule has 6 heteroatoms. The summed E-state index contributed by atoms with van der Waals surface area (Å²) in [5.74, 6) is -0.222. The average Bonchev–Trinajstić information content (AvgIpc) is 2.81. The molecule has 108 valence electrons. The number of hydrogen-bond acceptors (Lipinski definition) is 5. The Morgan fingerprint density at radius 1 is 1.45 bits per heavy atom. The Balaban J connectivity index is 1.99. The van der Waals surface area contributed by atoms with Gasteiger partial charge in [-0.15, -0.1) is 11.3 Å². The third kappa shape index (κ3) is 3.60. The number of benzene rings is 1. The highest BCUT2D eigenvalue weighted by Crippen LogP contribution is 2.28. The summed E-state index contributed by atoms with van der Waals surface area (Å²) in [4.78, 5) is 4.39. The first kappa shape index (κ1) is 14.6. The first-order chi connectivity index (χ1) is 9.60. The van der Waals surface area contributed by atoms with E-state index >= 15 is 0 Å². The molecule has 0 saturated heterocycles. The van der Waals surface area contributed by atoms with Crippen LogP contribution >= 0.6 is 11.3 Å². The van der Waals surface area contributed by atoms with Crippen LogP contribution < -0.4 is 15.8 Å². The van der Waals surface area contributed by atoms with Gasteiger partial charge in [0.2, 0.25) is 0 Å². The average molecular weight is 295 g/mol. The molecular formula is C14H18FN3OS. The van der Waals surface area contributed by atoms with Crippen molar-refractivity contribution in [2.75, 3.05) is 24.2 Å². The fraction of sp³-hybridized carbons (Fsp3) is 0.357. The van der Waals surface area contributed by atoms with Crippen molar-refractivity contribution in [3.05, 3.63) is 34.0 Å². The zero-order chi connectivity index (χ0) is 14.5. The van der Waals surface area contributed by atoms with E-state index < -0.39 is 5.82 Å². The first-order valence-electron chi connectivity index (χ1n) is 6.47. The molecule has 0 aliphatic rings. The van der Waals surface area contributed by atoms with Crippen molar-refractivity contribution >= 4 is 22.7 Å². The Labute approximate surface area is 121 Å². The number of thiazole rings is 1. The summed E-state index contributed by atoms with van der Waals surface area (Å²) >= 11 is 1.64. The molecule has 0 saturated carbocycles. The molecule has 0 amide bonds. The molecule has 0 aliphatic heterocycles. The van der Waals surface area contributed by atoms with Gasteiger partial charge in [-0.1, -0.05) is 0 Å². The van der Waals surface area contributed by atoms with Crippen LogP contribution in [-0.4, -0.2) is 18.1 Å². The minimum atomic E-state index is -0.439. The highest BCUT2D eigenvalue weighted by Gasteiger charge is 2.09. The molecule has 2 aromatic rings. The van der Waals surface area contributed by atoms with Gasteiger partial charge in [-0.2, -0.15) is 0 Å². The number of hydrogen-bond donors (Lipinski definition) is 2. The van der Waals surface area contributed by atoms with Crippen molar-refractivity contribution in [2.24, 2.45) is 0 Å². The van der Waals surface area contributed by atoms with Crippen LogP contribution in [0.1, 0.15) is 17.6 Å². The van der Waals surface area contributed by atoms with Gasteiger partial charge in [0.1, 0.15) is 0 Å². The van der Waals surface area contributed by atoms with Crippen LogP contribution in [0.5, 0.6) is 5.75 Å². The van der Waals surface area contributed by atoms with E-state index in [1.165, 1.54) is 6.07 Å². The number of rotatable bonds is 6. The number of nitrogens with zero attached hydrogens (tertiary/aromatic N) is 1. The summed E-state index contributed by atoms with van der Waals surface area (Å²) in [6.07, 6.45) is 0.805. The molecular weight excluding hydrogens is 277 g/mol. The number of anilines is 2. The van der Waals surface area contributed by atoms with Gasteiger partial charge in [-0.05, 0) is 13.8 Å². The molecule has 0 aliphatic carbocycles. The third-order valence-electron chi connectivity index (χ3n) is 2.72. The number of ether oxygens (including phenoxy) is 1. The SMILES string of the molecule is CCOc1cc(NCCc2nc(C)cs2)c(N)cc1F. The maximum Gasteiger partial charge on any atom is 0.167 e. The smallest absolute Gasteiger partial charge is 0.167 e. The summed E-state index contributed by atoms with van der Waals surface area (Å²) < 4.78 is 18.8. The van der Waals surface area contributed by atoms with Gasteiger partial charge >= 0.3 is 0 Å². The number of nitrogen functional groups attached to an aromatic ring is 1. The topological polar surface area (TPSA) is 60.2 Å². The normalized spacial score (nSPS) is 10.6. The molecule has 3 N–H and O–H groups in total. The van der Waals surface area contributed by atoms with E-state index in [0.29, 0.717) is 24.5 Å². The Bertz CT molecular complexity index is 586. The van der Waals surface area contributed by atoms with Crippen LogP contribution in [0.25, 0.3) is 0 Å². The maximum absolute atomic E-state index is 13.6. The zero-order valence-electron chi connectivity index (χ0n) is 11.6. The fourth-order valence-corrected chi connectivity index (χ4v) is 2.59. The molecule has 0 unspecified atom stereocenters. The lowest BCUT2D eigenvalue weighted by atomic mass is 10.2. The van der Waals surface area contributed by atoms with E-state index in [-0.39, 0.29) is 5.75 Å². The molecule has 1 aromatic heterocycles. The Kier molecular flexibility index (Phi) is 4.79. The number of aromatic nitrogens is 1. The second-order valence-electron chi connectivity index (χ2n) is 4.36. The van der Waals surface area contributed by atoms with Crippen molar-refractivity contribution in [1.82, 2.24) is 4.98 Å².